The summed E-state index contributed by atoms with van der Waals surface area (Å²) in [6.45, 7) is 3.24. The standard InChI is InChI=1S/C25H24ClF3N4O/c1-32-8-10-33(11-9-32)31-22-13-16(15-2-4-17(5-3-15)25(27,28)29)12-21-23(22)24(34)19-14-18(26)6-7-20(19)30-21/h2-7,14,16H,8-13H2,1H3,(H,30,34). The molecular formula is C25H24ClF3N4O. The average Bonchev–Trinajstić information content (AvgIpc) is 2.80. The van der Waals surface area contributed by atoms with Crippen molar-refractivity contribution < 1.29 is 13.2 Å². The predicted molar refractivity (Wildman–Crippen MR) is 128 cm³/mol. The summed E-state index contributed by atoms with van der Waals surface area (Å²) in [6, 6.07) is 10.5. The van der Waals surface area contributed by atoms with Gasteiger partial charge in [0.15, 0.2) is 5.43 Å². The van der Waals surface area contributed by atoms with Crippen LogP contribution in [0.4, 0.5) is 13.2 Å². The van der Waals surface area contributed by atoms with E-state index in [1.54, 1.807) is 18.2 Å². The summed E-state index contributed by atoms with van der Waals surface area (Å²) in [4.78, 5) is 19.1. The van der Waals surface area contributed by atoms with E-state index in [-0.39, 0.29) is 11.3 Å². The number of nitrogens with one attached hydrogen (secondary N) is 1. The average molecular weight is 489 g/mol. The van der Waals surface area contributed by atoms with E-state index in [0.717, 1.165) is 49.6 Å². The highest BCUT2D eigenvalue weighted by Gasteiger charge is 2.32. The Morgan fingerprint density at radius 3 is 2.41 bits per heavy atom. The predicted octanol–water partition coefficient (Wildman–Crippen LogP) is 4.88. The van der Waals surface area contributed by atoms with E-state index in [1.807, 2.05) is 5.01 Å². The molecule has 5 rings (SSSR count). The minimum Gasteiger partial charge on any atom is -0.358 e. The van der Waals surface area contributed by atoms with Crippen LogP contribution in [-0.2, 0) is 12.6 Å². The molecule has 1 aromatic heterocycles. The first-order valence-corrected chi connectivity index (χ1v) is 11.6. The highest BCUT2D eigenvalue weighted by Crippen LogP contribution is 2.35. The summed E-state index contributed by atoms with van der Waals surface area (Å²) >= 11 is 6.15. The first-order chi connectivity index (χ1) is 16.2. The second kappa shape index (κ2) is 8.74. The molecule has 0 radical (unpaired) electrons. The van der Waals surface area contributed by atoms with E-state index in [4.69, 9.17) is 16.7 Å². The number of nitrogens with zero attached hydrogens (tertiary/aromatic N) is 3. The number of halogens is 4. The molecule has 0 bridgehead atoms. The van der Waals surface area contributed by atoms with E-state index in [2.05, 4.69) is 16.9 Å². The minimum absolute atomic E-state index is 0.0959. The molecule has 34 heavy (non-hydrogen) atoms. The fraction of sp³-hybridized carbons (Fsp3) is 0.360. The maximum absolute atomic E-state index is 13.5. The molecule has 1 N–H and O–H groups in total. The van der Waals surface area contributed by atoms with Gasteiger partial charge in [-0.1, -0.05) is 23.7 Å². The van der Waals surface area contributed by atoms with E-state index in [0.29, 0.717) is 40.0 Å². The van der Waals surface area contributed by atoms with Gasteiger partial charge in [-0.15, -0.1) is 0 Å². The number of hydrogen-bond acceptors (Lipinski definition) is 4. The van der Waals surface area contributed by atoms with Crippen molar-refractivity contribution in [2.45, 2.75) is 24.9 Å². The fourth-order valence-corrected chi connectivity index (χ4v) is 4.93. The number of alkyl halides is 3. The van der Waals surface area contributed by atoms with Crippen LogP contribution in [0, 0.1) is 0 Å². The summed E-state index contributed by atoms with van der Waals surface area (Å²) < 4.78 is 39.2. The second-order valence-corrected chi connectivity index (χ2v) is 9.46. The maximum Gasteiger partial charge on any atom is 0.416 e. The first kappa shape index (κ1) is 22.9. The molecule has 1 atom stereocenters. The molecule has 1 aliphatic carbocycles. The SMILES string of the molecule is CN1CCN(N=C2CC(c3ccc(C(F)(F)F)cc3)Cc3[nH]c4ccc(Cl)cc4c(=O)c32)CC1. The van der Waals surface area contributed by atoms with Crippen molar-refractivity contribution in [2.24, 2.45) is 5.10 Å². The zero-order valence-electron chi connectivity index (χ0n) is 18.6. The van der Waals surface area contributed by atoms with Gasteiger partial charge in [0.25, 0.3) is 0 Å². The lowest BCUT2D eigenvalue weighted by Crippen LogP contribution is -2.42. The van der Waals surface area contributed by atoms with Crippen LogP contribution in [0.2, 0.25) is 5.02 Å². The molecule has 1 aliphatic heterocycles. The number of H-pyrrole nitrogens is 1. The van der Waals surface area contributed by atoms with Gasteiger partial charge in [0, 0.05) is 47.8 Å². The van der Waals surface area contributed by atoms with Crippen molar-refractivity contribution >= 4 is 28.2 Å². The van der Waals surface area contributed by atoms with Gasteiger partial charge in [-0.3, -0.25) is 9.80 Å². The number of piperazine rings is 1. The third-order valence-electron chi connectivity index (χ3n) is 6.67. The summed E-state index contributed by atoms with van der Waals surface area (Å²) in [5.74, 6) is -0.0959. The van der Waals surface area contributed by atoms with Crippen LogP contribution in [0.15, 0.2) is 52.4 Å². The molecule has 9 heteroatoms. The Labute approximate surface area is 199 Å². The second-order valence-electron chi connectivity index (χ2n) is 9.03. The summed E-state index contributed by atoms with van der Waals surface area (Å²) in [7, 11) is 2.06. The summed E-state index contributed by atoms with van der Waals surface area (Å²) in [5.41, 5.74) is 2.65. The molecule has 0 spiro atoms. The zero-order valence-corrected chi connectivity index (χ0v) is 19.4. The lowest BCUT2D eigenvalue weighted by atomic mass is 9.80. The number of hydrazone groups is 1. The molecule has 5 nitrogen and oxygen atoms in total. The van der Waals surface area contributed by atoms with Gasteiger partial charge in [0.2, 0.25) is 0 Å². The van der Waals surface area contributed by atoms with Gasteiger partial charge in [0.05, 0.1) is 16.8 Å². The monoisotopic (exact) mass is 488 g/mol. The molecule has 3 aromatic rings. The van der Waals surface area contributed by atoms with Crippen LogP contribution in [0.3, 0.4) is 0 Å². The van der Waals surface area contributed by atoms with Crippen molar-refractivity contribution in [3.63, 3.8) is 0 Å². The third kappa shape index (κ3) is 4.44. The van der Waals surface area contributed by atoms with Crippen LogP contribution in [0.25, 0.3) is 10.9 Å². The maximum atomic E-state index is 13.5. The van der Waals surface area contributed by atoms with Gasteiger partial charge < -0.3 is 9.88 Å². The minimum atomic E-state index is -4.38. The number of rotatable bonds is 2. The van der Waals surface area contributed by atoms with Crippen molar-refractivity contribution in [1.82, 2.24) is 14.9 Å². The Morgan fingerprint density at radius 1 is 1.03 bits per heavy atom. The summed E-state index contributed by atoms with van der Waals surface area (Å²) in [5, 5.41) is 7.85. The van der Waals surface area contributed by atoms with Crippen LogP contribution in [0.5, 0.6) is 0 Å². The number of pyridine rings is 1. The number of aromatic amines is 1. The van der Waals surface area contributed by atoms with Gasteiger partial charge in [0.1, 0.15) is 0 Å². The van der Waals surface area contributed by atoms with Crippen molar-refractivity contribution in [3.05, 3.63) is 80.1 Å². The lowest BCUT2D eigenvalue weighted by molar-refractivity contribution is -0.137. The fourth-order valence-electron chi connectivity index (χ4n) is 4.76. The molecule has 0 amide bonds. The van der Waals surface area contributed by atoms with E-state index in [9.17, 15) is 18.0 Å². The molecule has 0 saturated carbocycles. The Kier molecular flexibility index (Phi) is 5.90. The van der Waals surface area contributed by atoms with Crippen molar-refractivity contribution in [3.8, 4) is 0 Å². The third-order valence-corrected chi connectivity index (χ3v) is 6.91. The Morgan fingerprint density at radius 2 is 1.74 bits per heavy atom. The molecule has 1 saturated heterocycles. The zero-order chi connectivity index (χ0) is 24.0. The quantitative estimate of drug-likeness (QED) is 0.559. The smallest absolute Gasteiger partial charge is 0.358 e. The molecule has 1 fully saturated rings. The van der Waals surface area contributed by atoms with Crippen molar-refractivity contribution in [1.29, 1.82) is 0 Å². The van der Waals surface area contributed by atoms with E-state index in [1.165, 1.54) is 12.1 Å². The highest BCUT2D eigenvalue weighted by molar-refractivity contribution is 6.31. The molecule has 178 valence electrons. The Bertz CT molecular complexity index is 1310. The van der Waals surface area contributed by atoms with Crippen LogP contribution < -0.4 is 5.43 Å². The van der Waals surface area contributed by atoms with Crippen LogP contribution >= 0.6 is 11.6 Å². The van der Waals surface area contributed by atoms with Crippen molar-refractivity contribution in [2.75, 3.05) is 33.2 Å². The normalized spacial score (nSPS) is 20.7. The van der Waals surface area contributed by atoms with E-state index < -0.39 is 11.7 Å². The molecule has 2 aromatic carbocycles. The summed E-state index contributed by atoms with van der Waals surface area (Å²) in [6.07, 6.45) is -3.40. The van der Waals surface area contributed by atoms with E-state index >= 15 is 0 Å². The molecule has 2 aliphatic rings. The van der Waals surface area contributed by atoms with Gasteiger partial charge in [-0.25, -0.2) is 0 Å². The topological polar surface area (TPSA) is 51.7 Å². The van der Waals surface area contributed by atoms with Gasteiger partial charge in [-0.2, -0.15) is 18.3 Å². The Hall–Kier alpha value is -2.84. The van der Waals surface area contributed by atoms with Crippen LogP contribution in [-0.4, -0.2) is 53.8 Å². The van der Waals surface area contributed by atoms with Gasteiger partial charge >= 0.3 is 6.18 Å². The molecule has 1 unspecified atom stereocenters. The van der Waals surface area contributed by atoms with Gasteiger partial charge in [-0.05, 0) is 61.7 Å². The number of likely N-dealkylation sites (N-methyl/N-ethyl adjacent to an activating group) is 1. The largest absolute Gasteiger partial charge is 0.416 e. The lowest BCUT2D eigenvalue weighted by Gasteiger charge is -2.33. The number of fused-ring (bicyclic) bond motifs is 2. The Balaban J connectivity index is 1.59. The first-order valence-electron chi connectivity index (χ1n) is 11.2. The number of hydrogen-bond donors (Lipinski definition) is 1. The molecular weight excluding hydrogens is 465 g/mol. The molecule has 2 heterocycles. The number of benzene rings is 2. The highest BCUT2D eigenvalue weighted by atomic mass is 35.5. The van der Waals surface area contributed by atoms with Crippen LogP contribution in [0.1, 0.15) is 34.7 Å². The number of aromatic nitrogens is 1.